The first-order valence-electron chi connectivity index (χ1n) is 9.17. The third kappa shape index (κ3) is 2.36. The van der Waals surface area contributed by atoms with Crippen LogP contribution in [-0.4, -0.2) is 20.6 Å². The van der Waals surface area contributed by atoms with Crippen LogP contribution in [0.1, 0.15) is 33.1 Å². The van der Waals surface area contributed by atoms with E-state index >= 15 is 0 Å². The lowest BCUT2D eigenvalue weighted by molar-refractivity contribution is 0.0952. The molecule has 7 heteroatoms. The second-order valence-corrected chi connectivity index (χ2v) is 7.79. The van der Waals surface area contributed by atoms with Crippen LogP contribution >= 0.6 is 11.6 Å². The number of Topliss-reactive ketones (excluding diaryl/α,β-unsaturated/α-hetero) is 1. The molecular weight excluding hydrogens is 390 g/mol. The first-order chi connectivity index (χ1) is 13.9. The Morgan fingerprint density at radius 1 is 0.862 bits per heavy atom. The Kier molecular flexibility index (Phi) is 3.76. The number of rotatable bonds is 1. The second kappa shape index (κ2) is 6.12. The topological polar surface area (TPSA) is 73.4 Å². The number of nitrogens with zero attached hydrogens (tertiary/aromatic N) is 3. The van der Waals surface area contributed by atoms with Gasteiger partial charge in [0.25, 0.3) is 0 Å². The summed E-state index contributed by atoms with van der Waals surface area (Å²) in [6.45, 7) is 0. The van der Waals surface area contributed by atoms with E-state index in [9.17, 15) is 14.4 Å². The molecule has 5 rings (SSSR count). The van der Waals surface area contributed by atoms with Gasteiger partial charge in [0.2, 0.25) is 0 Å². The predicted octanol–water partition coefficient (Wildman–Crippen LogP) is 2.82. The maximum atomic E-state index is 13.4. The molecule has 144 valence electrons. The van der Waals surface area contributed by atoms with Gasteiger partial charge in [-0.05, 0) is 17.7 Å². The molecule has 29 heavy (non-hydrogen) atoms. The molecular formula is C22H16ClN3O3. The van der Waals surface area contributed by atoms with E-state index in [-0.39, 0.29) is 5.78 Å². The number of carbonyl (C=O) groups is 1. The molecule has 2 aromatic carbocycles. The van der Waals surface area contributed by atoms with Crippen molar-refractivity contribution in [1.29, 1.82) is 0 Å². The lowest BCUT2D eigenvalue weighted by Crippen LogP contribution is -2.44. The highest BCUT2D eigenvalue weighted by Crippen LogP contribution is 2.47. The maximum absolute atomic E-state index is 13.4. The molecule has 0 spiro atoms. The normalized spacial score (nSPS) is 19.4. The van der Waals surface area contributed by atoms with Crippen molar-refractivity contribution in [3.63, 3.8) is 0 Å². The molecule has 0 N–H and O–H groups in total. The number of fused-ring (bicyclic) bond motifs is 4. The number of halogens is 1. The highest BCUT2D eigenvalue weighted by molar-refractivity contribution is 6.31. The zero-order valence-electron chi connectivity index (χ0n) is 15.7. The number of hydrogen-bond acceptors (Lipinski definition) is 4. The van der Waals surface area contributed by atoms with Gasteiger partial charge >= 0.3 is 11.1 Å². The third-order valence-corrected chi connectivity index (χ3v) is 6.04. The lowest BCUT2D eigenvalue weighted by atomic mass is 9.78. The van der Waals surface area contributed by atoms with E-state index in [0.29, 0.717) is 27.8 Å². The predicted molar refractivity (Wildman–Crippen MR) is 111 cm³/mol. The number of carbonyl (C=O) groups excluding carboxylic acids is 1. The smallest absolute Gasteiger partial charge is 0.307 e. The molecule has 0 saturated carbocycles. The van der Waals surface area contributed by atoms with Crippen molar-refractivity contribution in [3.8, 4) is 0 Å². The molecule has 0 amide bonds. The summed E-state index contributed by atoms with van der Waals surface area (Å²) in [5.41, 5.74) is 2.01. The first kappa shape index (κ1) is 17.8. The van der Waals surface area contributed by atoms with Gasteiger partial charge in [-0.3, -0.25) is 19.0 Å². The maximum Gasteiger partial charge on any atom is 0.317 e. The van der Waals surface area contributed by atoms with E-state index in [1.165, 1.54) is 16.2 Å². The average Bonchev–Trinajstić information content (AvgIpc) is 3.01. The van der Waals surface area contributed by atoms with Crippen LogP contribution in [0.5, 0.6) is 0 Å². The minimum Gasteiger partial charge on any atom is -0.307 e. The summed E-state index contributed by atoms with van der Waals surface area (Å²) in [5, 5.41) is 0.533. The molecule has 1 aromatic heterocycles. The Morgan fingerprint density at radius 2 is 1.55 bits per heavy atom. The zero-order chi connectivity index (χ0) is 20.4. The highest BCUT2D eigenvalue weighted by Gasteiger charge is 2.47. The minimum atomic E-state index is -0.656. The fourth-order valence-corrected chi connectivity index (χ4v) is 4.63. The van der Waals surface area contributed by atoms with Crippen LogP contribution in [0.4, 0.5) is 5.82 Å². The summed E-state index contributed by atoms with van der Waals surface area (Å²) in [4.78, 5) is 43.1. The van der Waals surface area contributed by atoms with Crippen LogP contribution < -0.4 is 11.1 Å². The largest absolute Gasteiger partial charge is 0.317 e. The molecule has 0 radical (unpaired) electrons. The Morgan fingerprint density at radius 3 is 2.28 bits per heavy atom. The third-order valence-electron chi connectivity index (χ3n) is 5.81. The quantitative estimate of drug-likeness (QED) is 0.584. The summed E-state index contributed by atoms with van der Waals surface area (Å²) in [6, 6.07) is 14.6. The summed E-state index contributed by atoms with van der Waals surface area (Å²) < 4.78 is 2.59. The summed E-state index contributed by atoms with van der Waals surface area (Å²) in [5.74, 6) is -0.726. The average molecular weight is 406 g/mol. The van der Waals surface area contributed by atoms with Crippen LogP contribution in [0, 0.1) is 5.92 Å². The SMILES string of the molecule is Cn1c2c(n(C)c(=O)c1=O)C(c1cccc(Cl)c1)C1C(=O)c3ccccc3C1=N2. The molecule has 2 atom stereocenters. The van der Waals surface area contributed by atoms with Gasteiger partial charge < -0.3 is 4.57 Å². The van der Waals surface area contributed by atoms with E-state index in [1.807, 2.05) is 30.3 Å². The van der Waals surface area contributed by atoms with Gasteiger partial charge in [-0.15, -0.1) is 0 Å². The molecule has 6 nitrogen and oxygen atoms in total. The van der Waals surface area contributed by atoms with Crippen molar-refractivity contribution in [2.24, 2.45) is 25.0 Å². The number of aliphatic imine (C=N–C) groups is 1. The van der Waals surface area contributed by atoms with E-state index in [2.05, 4.69) is 0 Å². The van der Waals surface area contributed by atoms with E-state index in [0.717, 1.165) is 11.1 Å². The first-order valence-corrected chi connectivity index (χ1v) is 9.55. The molecule has 0 fully saturated rings. The molecule has 2 unspecified atom stereocenters. The van der Waals surface area contributed by atoms with Gasteiger partial charge in [-0.2, -0.15) is 0 Å². The van der Waals surface area contributed by atoms with Crippen LogP contribution in [0.25, 0.3) is 0 Å². The van der Waals surface area contributed by atoms with Crippen LogP contribution in [0.2, 0.25) is 5.02 Å². The van der Waals surface area contributed by atoms with Crippen molar-refractivity contribution in [2.75, 3.05) is 0 Å². The molecule has 0 saturated heterocycles. The van der Waals surface area contributed by atoms with Gasteiger partial charge in [-0.25, -0.2) is 4.99 Å². The van der Waals surface area contributed by atoms with Gasteiger partial charge in [0.15, 0.2) is 11.6 Å². The number of aromatic nitrogens is 2. The van der Waals surface area contributed by atoms with E-state index in [1.54, 1.807) is 25.2 Å². The Bertz CT molecular complexity index is 1370. The van der Waals surface area contributed by atoms with Gasteiger partial charge in [0, 0.05) is 36.2 Å². The van der Waals surface area contributed by atoms with E-state index in [4.69, 9.17) is 16.6 Å². The summed E-state index contributed by atoms with van der Waals surface area (Å²) >= 11 is 6.25. The number of benzene rings is 2. The standard InChI is InChI=1S/C22H16ClN3O3/c1-25-18-15(11-6-5-7-12(23)10-11)16-17(13-8-3-4-9-14(13)19(16)27)24-20(18)26(2)22(29)21(25)28/h3-10,15-16H,1-2H3. The lowest BCUT2D eigenvalue weighted by Gasteiger charge is -2.31. The second-order valence-electron chi connectivity index (χ2n) is 7.35. The van der Waals surface area contributed by atoms with Crippen molar-refractivity contribution in [3.05, 3.63) is 96.6 Å². The van der Waals surface area contributed by atoms with Gasteiger partial charge in [0.1, 0.15) is 0 Å². The summed E-state index contributed by atoms with van der Waals surface area (Å²) in [7, 11) is 3.08. The van der Waals surface area contributed by atoms with E-state index < -0.39 is 23.0 Å². The Balaban J connectivity index is 1.92. The molecule has 0 bridgehead atoms. The van der Waals surface area contributed by atoms with Crippen molar-refractivity contribution in [1.82, 2.24) is 9.13 Å². The van der Waals surface area contributed by atoms with Crippen molar-refractivity contribution >= 4 is 28.9 Å². The van der Waals surface area contributed by atoms with Crippen LogP contribution in [-0.2, 0) is 14.1 Å². The summed E-state index contributed by atoms with van der Waals surface area (Å²) in [6.07, 6.45) is 0. The molecule has 3 aromatic rings. The van der Waals surface area contributed by atoms with Crippen molar-refractivity contribution < 1.29 is 4.79 Å². The fourth-order valence-electron chi connectivity index (χ4n) is 4.44. The van der Waals surface area contributed by atoms with Crippen LogP contribution in [0.3, 0.4) is 0 Å². The Labute approximate surface area is 170 Å². The molecule has 2 aliphatic rings. The zero-order valence-corrected chi connectivity index (χ0v) is 16.5. The highest BCUT2D eigenvalue weighted by atomic mass is 35.5. The van der Waals surface area contributed by atoms with Gasteiger partial charge in [0.05, 0.1) is 17.3 Å². The number of hydrogen-bond donors (Lipinski definition) is 0. The van der Waals surface area contributed by atoms with Crippen LogP contribution in [0.15, 0.2) is 63.1 Å². The Hall–Kier alpha value is -3.25. The van der Waals surface area contributed by atoms with Crippen molar-refractivity contribution in [2.45, 2.75) is 5.92 Å². The number of ketones is 1. The minimum absolute atomic E-state index is 0.0451. The molecule has 1 aliphatic heterocycles. The molecule has 1 aliphatic carbocycles. The van der Waals surface area contributed by atoms with Gasteiger partial charge in [-0.1, -0.05) is 48.0 Å². The monoisotopic (exact) mass is 405 g/mol. The fraction of sp³-hybridized carbons (Fsp3) is 0.182. The molecule has 2 heterocycles.